The zero-order valence-electron chi connectivity index (χ0n) is 18.1. The molecule has 0 spiro atoms. The van der Waals surface area contributed by atoms with E-state index in [1.807, 2.05) is 12.1 Å². The van der Waals surface area contributed by atoms with Gasteiger partial charge in [-0.3, -0.25) is 19.5 Å². The highest BCUT2D eigenvalue weighted by molar-refractivity contribution is 8.00. The molecule has 0 saturated heterocycles. The smallest absolute Gasteiger partial charge is 0.321 e. The third kappa shape index (κ3) is 4.24. The van der Waals surface area contributed by atoms with Gasteiger partial charge >= 0.3 is 6.03 Å². The Kier molecular flexibility index (Phi) is 6.52. The molecule has 10 heteroatoms. The summed E-state index contributed by atoms with van der Waals surface area (Å²) in [5.41, 5.74) is 1.57. The molecule has 0 bridgehead atoms. The van der Waals surface area contributed by atoms with Crippen LogP contribution in [-0.2, 0) is 17.6 Å². The molecule has 2 N–H and O–H groups in total. The van der Waals surface area contributed by atoms with Gasteiger partial charge in [0.25, 0.3) is 5.56 Å². The van der Waals surface area contributed by atoms with Gasteiger partial charge in [-0.2, -0.15) is 0 Å². The number of benzene rings is 1. The molecule has 1 aromatic carbocycles. The number of aryl methyl sites for hydroxylation is 2. The predicted molar refractivity (Wildman–Crippen MR) is 126 cm³/mol. The number of hydrogen-bond donors (Lipinski definition) is 2. The molecule has 0 radical (unpaired) electrons. The second-order valence-electron chi connectivity index (χ2n) is 7.46. The summed E-state index contributed by atoms with van der Waals surface area (Å²) >= 11 is 2.70. The molecule has 8 nitrogen and oxygen atoms in total. The van der Waals surface area contributed by atoms with Crippen molar-refractivity contribution in [3.05, 3.63) is 45.1 Å². The molecule has 4 rings (SSSR count). The van der Waals surface area contributed by atoms with Gasteiger partial charge in [0.2, 0.25) is 5.91 Å². The highest BCUT2D eigenvalue weighted by atomic mass is 32.2. The van der Waals surface area contributed by atoms with Crippen LogP contribution in [0, 0.1) is 0 Å². The lowest BCUT2D eigenvalue weighted by atomic mass is 9.97. The summed E-state index contributed by atoms with van der Waals surface area (Å²) < 4.78 is 6.89. The van der Waals surface area contributed by atoms with Crippen molar-refractivity contribution in [3.63, 3.8) is 0 Å². The first kappa shape index (κ1) is 22.3. The largest absolute Gasteiger partial charge is 0.497 e. The molecule has 0 aliphatic heterocycles. The topological polar surface area (TPSA) is 102 Å². The molecular weight excluding hydrogens is 448 g/mol. The van der Waals surface area contributed by atoms with Gasteiger partial charge in [-0.05, 0) is 50.3 Å². The standard InChI is InChI=1S/C22H24N4O4S2/c1-12(18(27)24-21(29)23-2)31-22-25-19-17(15-9-4-5-10-16(15)32-19)20(28)26(22)13-7-6-8-14(11-13)30-3/h6-8,11-12H,4-5,9-10H2,1-3H3,(H2,23,24,27,29). The fourth-order valence-electron chi connectivity index (χ4n) is 3.73. The Morgan fingerprint density at radius 1 is 1.28 bits per heavy atom. The minimum Gasteiger partial charge on any atom is -0.497 e. The van der Waals surface area contributed by atoms with Crippen LogP contribution in [0.25, 0.3) is 15.9 Å². The Morgan fingerprint density at radius 2 is 2.06 bits per heavy atom. The van der Waals surface area contributed by atoms with Crippen molar-refractivity contribution in [2.45, 2.75) is 43.0 Å². The van der Waals surface area contributed by atoms with E-state index in [4.69, 9.17) is 9.72 Å². The van der Waals surface area contributed by atoms with Crippen molar-refractivity contribution in [1.82, 2.24) is 20.2 Å². The molecule has 1 unspecified atom stereocenters. The average molecular weight is 473 g/mol. The van der Waals surface area contributed by atoms with Gasteiger partial charge in [-0.1, -0.05) is 17.8 Å². The van der Waals surface area contributed by atoms with Crippen molar-refractivity contribution in [1.29, 1.82) is 0 Å². The zero-order valence-corrected chi connectivity index (χ0v) is 19.7. The van der Waals surface area contributed by atoms with Gasteiger partial charge in [-0.15, -0.1) is 11.3 Å². The van der Waals surface area contributed by atoms with Crippen molar-refractivity contribution in [2.75, 3.05) is 14.2 Å². The summed E-state index contributed by atoms with van der Waals surface area (Å²) in [5, 5.41) is 5.05. The number of ether oxygens (including phenoxy) is 1. The van der Waals surface area contributed by atoms with Crippen LogP contribution in [0.5, 0.6) is 5.75 Å². The second kappa shape index (κ2) is 9.33. The highest BCUT2D eigenvalue weighted by Gasteiger charge is 2.25. The molecule has 3 amide bonds. The lowest BCUT2D eigenvalue weighted by Crippen LogP contribution is -2.41. The molecule has 3 aromatic rings. The number of methoxy groups -OCH3 is 1. The van der Waals surface area contributed by atoms with Gasteiger partial charge in [0.1, 0.15) is 10.6 Å². The minimum absolute atomic E-state index is 0.149. The number of fused-ring (bicyclic) bond motifs is 3. The number of urea groups is 1. The van der Waals surface area contributed by atoms with Crippen molar-refractivity contribution in [3.8, 4) is 11.4 Å². The Balaban J connectivity index is 1.85. The number of hydrogen-bond acceptors (Lipinski definition) is 7. The first-order valence-corrected chi connectivity index (χ1v) is 12.0. The van der Waals surface area contributed by atoms with E-state index in [2.05, 4.69) is 10.6 Å². The summed E-state index contributed by atoms with van der Waals surface area (Å²) in [7, 11) is 3.01. The molecule has 2 heterocycles. The first-order valence-electron chi connectivity index (χ1n) is 10.3. The van der Waals surface area contributed by atoms with Crippen LogP contribution in [0.3, 0.4) is 0 Å². The Labute approximate surface area is 193 Å². The van der Waals surface area contributed by atoms with Crippen LogP contribution in [0.2, 0.25) is 0 Å². The third-order valence-electron chi connectivity index (χ3n) is 5.38. The van der Waals surface area contributed by atoms with Crippen molar-refractivity contribution < 1.29 is 14.3 Å². The van der Waals surface area contributed by atoms with Gasteiger partial charge in [0, 0.05) is 18.0 Å². The number of nitrogens with one attached hydrogen (secondary N) is 2. The molecule has 32 heavy (non-hydrogen) atoms. The van der Waals surface area contributed by atoms with Gasteiger partial charge in [0.15, 0.2) is 5.16 Å². The van der Waals surface area contributed by atoms with Crippen LogP contribution < -0.4 is 20.9 Å². The fraction of sp³-hybridized carbons (Fsp3) is 0.364. The summed E-state index contributed by atoms with van der Waals surface area (Å²) in [6.45, 7) is 1.68. The Bertz CT molecular complexity index is 1250. The van der Waals surface area contributed by atoms with Crippen molar-refractivity contribution >= 4 is 45.3 Å². The van der Waals surface area contributed by atoms with E-state index in [-0.39, 0.29) is 5.56 Å². The number of nitrogens with zero attached hydrogens (tertiary/aromatic N) is 2. The molecule has 1 atom stereocenters. The summed E-state index contributed by atoms with van der Waals surface area (Å²) in [5.74, 6) is 0.148. The van der Waals surface area contributed by atoms with Crippen LogP contribution in [0.4, 0.5) is 4.79 Å². The lowest BCUT2D eigenvalue weighted by Gasteiger charge is -2.16. The van der Waals surface area contributed by atoms with E-state index >= 15 is 0 Å². The maximum atomic E-state index is 13.8. The number of rotatable bonds is 5. The quantitative estimate of drug-likeness (QED) is 0.437. The zero-order chi connectivity index (χ0) is 22.8. The molecule has 0 fully saturated rings. The highest BCUT2D eigenvalue weighted by Crippen LogP contribution is 2.36. The summed E-state index contributed by atoms with van der Waals surface area (Å²) in [6.07, 6.45) is 4.01. The number of imide groups is 1. The Hall–Kier alpha value is -2.85. The fourth-order valence-corrected chi connectivity index (χ4v) is 5.96. The number of carbonyl (C=O) groups excluding carboxylic acids is 2. The average Bonchev–Trinajstić information content (AvgIpc) is 3.17. The van der Waals surface area contributed by atoms with Crippen LogP contribution >= 0.6 is 23.1 Å². The van der Waals surface area contributed by atoms with E-state index in [0.717, 1.165) is 43.0 Å². The van der Waals surface area contributed by atoms with Gasteiger partial charge < -0.3 is 10.1 Å². The minimum atomic E-state index is -0.650. The molecule has 1 aliphatic carbocycles. The normalized spacial score (nSPS) is 14.0. The molecule has 0 saturated carbocycles. The van der Waals surface area contributed by atoms with E-state index in [1.54, 1.807) is 42.1 Å². The molecule has 1 aliphatic rings. The van der Waals surface area contributed by atoms with E-state index in [9.17, 15) is 14.4 Å². The van der Waals surface area contributed by atoms with Crippen LogP contribution in [-0.4, -0.2) is 40.9 Å². The van der Waals surface area contributed by atoms with E-state index in [0.29, 0.717) is 26.8 Å². The molecule has 2 aromatic heterocycles. The van der Waals surface area contributed by atoms with E-state index < -0.39 is 17.2 Å². The SMILES string of the molecule is CNC(=O)NC(=O)C(C)Sc1nc2sc3c(c2c(=O)n1-c1cccc(OC)c1)CCCC3. The van der Waals surface area contributed by atoms with E-state index in [1.165, 1.54) is 11.9 Å². The number of amides is 3. The summed E-state index contributed by atoms with van der Waals surface area (Å²) in [4.78, 5) is 44.5. The summed E-state index contributed by atoms with van der Waals surface area (Å²) in [6, 6.07) is 6.62. The van der Waals surface area contributed by atoms with Gasteiger partial charge in [0.05, 0.1) is 23.4 Å². The maximum absolute atomic E-state index is 13.8. The maximum Gasteiger partial charge on any atom is 0.321 e. The van der Waals surface area contributed by atoms with Gasteiger partial charge in [-0.25, -0.2) is 9.78 Å². The first-order chi connectivity index (χ1) is 15.4. The molecular formula is C22H24N4O4S2. The second-order valence-corrected chi connectivity index (χ2v) is 9.85. The van der Waals surface area contributed by atoms with Crippen LogP contribution in [0.15, 0.2) is 34.2 Å². The number of thioether (sulfide) groups is 1. The monoisotopic (exact) mass is 472 g/mol. The lowest BCUT2D eigenvalue weighted by molar-refractivity contribution is -0.119. The Morgan fingerprint density at radius 3 is 2.81 bits per heavy atom. The third-order valence-corrected chi connectivity index (χ3v) is 7.62. The number of thiophene rings is 1. The van der Waals surface area contributed by atoms with Crippen LogP contribution in [0.1, 0.15) is 30.2 Å². The predicted octanol–water partition coefficient (Wildman–Crippen LogP) is 3.27. The molecule has 168 valence electrons. The number of aromatic nitrogens is 2. The number of carbonyl (C=O) groups is 2. The van der Waals surface area contributed by atoms with Crippen molar-refractivity contribution in [2.24, 2.45) is 0 Å².